The number of nitrogens with zero attached hydrogens (tertiary/aromatic N) is 3. The van der Waals surface area contributed by atoms with Crippen LogP contribution in [0.4, 0.5) is 11.5 Å². The molecule has 0 bridgehead atoms. The lowest BCUT2D eigenvalue weighted by atomic mass is 10.1. The van der Waals surface area contributed by atoms with Crippen LogP contribution in [-0.2, 0) is 17.6 Å². The number of fused-ring (bicyclic) bond motifs is 1. The van der Waals surface area contributed by atoms with Crippen molar-refractivity contribution in [3.05, 3.63) is 39.5 Å². The van der Waals surface area contributed by atoms with Crippen molar-refractivity contribution >= 4 is 40.7 Å². The Labute approximate surface area is 155 Å². The van der Waals surface area contributed by atoms with Gasteiger partial charge in [-0.1, -0.05) is 23.2 Å². The highest BCUT2D eigenvalue weighted by Crippen LogP contribution is 2.38. The fourth-order valence-corrected chi connectivity index (χ4v) is 3.37. The normalized spacial score (nSPS) is 12.8. The Morgan fingerprint density at radius 3 is 2.80 bits per heavy atom. The fourth-order valence-electron chi connectivity index (χ4n) is 2.93. The molecule has 1 N–H and O–H groups in total. The van der Waals surface area contributed by atoms with Gasteiger partial charge >= 0.3 is 12.0 Å². The SMILES string of the molecule is CN(c1cc(Cl)nc(OCCC(=O)O)n1)c1ccc(Cl)c2c1CCC2. The first-order valence-corrected chi connectivity index (χ1v) is 8.64. The van der Waals surface area contributed by atoms with Gasteiger partial charge in [-0.25, -0.2) is 0 Å². The smallest absolute Gasteiger partial charge is 0.319 e. The zero-order valence-electron chi connectivity index (χ0n) is 13.6. The molecule has 2 aromatic rings. The molecule has 8 heteroatoms. The quantitative estimate of drug-likeness (QED) is 0.764. The maximum atomic E-state index is 10.6. The lowest BCUT2D eigenvalue weighted by Gasteiger charge is -2.22. The Hall–Kier alpha value is -2.05. The maximum absolute atomic E-state index is 10.6. The third-order valence-corrected chi connectivity index (χ3v) is 4.66. The van der Waals surface area contributed by atoms with Gasteiger partial charge < -0.3 is 14.7 Å². The van der Waals surface area contributed by atoms with E-state index in [1.807, 2.05) is 24.1 Å². The van der Waals surface area contributed by atoms with Crippen molar-refractivity contribution in [3.8, 4) is 6.01 Å². The first kappa shape index (κ1) is 17.8. The maximum Gasteiger partial charge on any atom is 0.319 e. The third-order valence-electron chi connectivity index (χ3n) is 4.12. The molecular weight excluding hydrogens is 365 g/mol. The molecule has 0 saturated carbocycles. The molecule has 0 spiro atoms. The summed E-state index contributed by atoms with van der Waals surface area (Å²) in [6.45, 7) is -0.0187. The van der Waals surface area contributed by atoms with Crippen LogP contribution in [0.25, 0.3) is 0 Å². The molecule has 0 radical (unpaired) electrons. The van der Waals surface area contributed by atoms with Crippen molar-refractivity contribution < 1.29 is 14.6 Å². The van der Waals surface area contributed by atoms with Crippen LogP contribution < -0.4 is 9.64 Å². The molecule has 0 unspecified atom stereocenters. The van der Waals surface area contributed by atoms with Gasteiger partial charge in [0.1, 0.15) is 17.6 Å². The number of aromatic nitrogens is 2. The van der Waals surface area contributed by atoms with Crippen LogP contribution >= 0.6 is 23.2 Å². The van der Waals surface area contributed by atoms with Gasteiger partial charge in [0.15, 0.2) is 0 Å². The summed E-state index contributed by atoms with van der Waals surface area (Å²) >= 11 is 12.4. The number of ether oxygens (including phenoxy) is 1. The number of benzene rings is 1. The van der Waals surface area contributed by atoms with Crippen molar-refractivity contribution in [2.45, 2.75) is 25.7 Å². The third kappa shape index (κ3) is 3.96. The second kappa shape index (κ2) is 7.45. The number of rotatable bonds is 6. The highest BCUT2D eigenvalue weighted by Gasteiger charge is 2.21. The number of carboxylic acid groups (broad SMARTS) is 1. The summed E-state index contributed by atoms with van der Waals surface area (Å²) in [7, 11) is 1.89. The van der Waals surface area contributed by atoms with Crippen LogP contribution in [0.5, 0.6) is 6.01 Å². The zero-order chi connectivity index (χ0) is 18.0. The van der Waals surface area contributed by atoms with E-state index in [-0.39, 0.29) is 24.2 Å². The van der Waals surface area contributed by atoms with Crippen LogP contribution in [0.2, 0.25) is 10.2 Å². The van der Waals surface area contributed by atoms with Crippen molar-refractivity contribution in [1.29, 1.82) is 0 Å². The van der Waals surface area contributed by atoms with Gasteiger partial charge in [-0.05, 0) is 42.5 Å². The number of aliphatic carboxylic acids is 1. The molecule has 1 aliphatic rings. The van der Waals surface area contributed by atoms with Crippen molar-refractivity contribution in [2.24, 2.45) is 0 Å². The Kier molecular flexibility index (Phi) is 5.30. The first-order chi connectivity index (χ1) is 12.0. The largest absolute Gasteiger partial charge is 0.481 e. The van der Waals surface area contributed by atoms with E-state index >= 15 is 0 Å². The minimum absolute atomic E-state index is 0.0187. The van der Waals surface area contributed by atoms with Crippen LogP contribution in [0.15, 0.2) is 18.2 Å². The molecular formula is C17H17Cl2N3O3. The monoisotopic (exact) mass is 381 g/mol. The van der Waals surface area contributed by atoms with E-state index in [1.165, 1.54) is 11.1 Å². The van der Waals surface area contributed by atoms with E-state index in [2.05, 4.69) is 9.97 Å². The molecule has 3 rings (SSSR count). The Morgan fingerprint density at radius 1 is 1.28 bits per heavy atom. The fraction of sp³-hybridized carbons (Fsp3) is 0.353. The molecule has 1 heterocycles. The predicted octanol–water partition coefficient (Wildman–Crippen LogP) is 3.89. The number of carbonyl (C=O) groups is 1. The molecule has 25 heavy (non-hydrogen) atoms. The zero-order valence-corrected chi connectivity index (χ0v) is 15.1. The van der Waals surface area contributed by atoms with E-state index in [9.17, 15) is 4.79 Å². The summed E-state index contributed by atoms with van der Waals surface area (Å²) < 4.78 is 5.30. The summed E-state index contributed by atoms with van der Waals surface area (Å²) in [5.41, 5.74) is 3.42. The van der Waals surface area contributed by atoms with Gasteiger partial charge in [-0.3, -0.25) is 4.79 Å². The van der Waals surface area contributed by atoms with Gasteiger partial charge in [0, 0.05) is 23.8 Å². The summed E-state index contributed by atoms with van der Waals surface area (Å²) in [5.74, 6) is -0.377. The number of anilines is 2. The summed E-state index contributed by atoms with van der Waals surface area (Å²) in [6, 6.07) is 5.56. The molecule has 1 aromatic heterocycles. The molecule has 0 fully saturated rings. The van der Waals surface area contributed by atoms with Crippen molar-refractivity contribution in [2.75, 3.05) is 18.6 Å². The van der Waals surface area contributed by atoms with Gasteiger partial charge in [0.25, 0.3) is 0 Å². The lowest BCUT2D eigenvalue weighted by Crippen LogP contribution is -2.15. The average molecular weight is 382 g/mol. The Balaban J connectivity index is 1.88. The summed E-state index contributed by atoms with van der Waals surface area (Å²) in [5, 5.41) is 9.71. The number of carboxylic acids is 1. The molecule has 0 aliphatic heterocycles. The van der Waals surface area contributed by atoms with Crippen molar-refractivity contribution in [1.82, 2.24) is 9.97 Å². The van der Waals surface area contributed by atoms with E-state index in [0.717, 1.165) is 30.0 Å². The molecule has 1 aromatic carbocycles. The molecule has 0 saturated heterocycles. The minimum atomic E-state index is -0.948. The topological polar surface area (TPSA) is 75.6 Å². The minimum Gasteiger partial charge on any atom is -0.481 e. The highest BCUT2D eigenvalue weighted by molar-refractivity contribution is 6.31. The Bertz CT molecular complexity index is 814. The van der Waals surface area contributed by atoms with Gasteiger partial charge in [-0.2, -0.15) is 9.97 Å². The summed E-state index contributed by atoms with van der Waals surface area (Å²) in [4.78, 5) is 20.8. The van der Waals surface area contributed by atoms with E-state index in [0.29, 0.717) is 5.82 Å². The molecule has 132 valence electrons. The second-order valence-electron chi connectivity index (χ2n) is 5.76. The molecule has 0 atom stereocenters. The van der Waals surface area contributed by atoms with Gasteiger partial charge in [-0.15, -0.1) is 0 Å². The molecule has 1 aliphatic carbocycles. The second-order valence-corrected chi connectivity index (χ2v) is 6.55. The highest BCUT2D eigenvalue weighted by atomic mass is 35.5. The van der Waals surface area contributed by atoms with Crippen LogP contribution in [0.3, 0.4) is 0 Å². The first-order valence-electron chi connectivity index (χ1n) is 7.89. The lowest BCUT2D eigenvalue weighted by molar-refractivity contribution is -0.137. The molecule has 6 nitrogen and oxygen atoms in total. The van der Waals surface area contributed by atoms with E-state index < -0.39 is 5.97 Å². The van der Waals surface area contributed by atoms with Gasteiger partial charge in [0.05, 0.1) is 6.42 Å². The number of halogens is 2. The number of hydrogen-bond donors (Lipinski definition) is 1. The van der Waals surface area contributed by atoms with Gasteiger partial charge in [0.2, 0.25) is 0 Å². The van der Waals surface area contributed by atoms with Crippen LogP contribution in [0.1, 0.15) is 24.0 Å². The van der Waals surface area contributed by atoms with Crippen LogP contribution in [-0.4, -0.2) is 34.7 Å². The van der Waals surface area contributed by atoms with Crippen LogP contribution in [0, 0.1) is 0 Å². The van der Waals surface area contributed by atoms with Crippen molar-refractivity contribution in [3.63, 3.8) is 0 Å². The van der Waals surface area contributed by atoms with E-state index in [4.69, 9.17) is 33.0 Å². The predicted molar refractivity (Wildman–Crippen MR) is 96.3 cm³/mol. The number of hydrogen-bond acceptors (Lipinski definition) is 5. The summed E-state index contributed by atoms with van der Waals surface area (Å²) in [6.07, 6.45) is 2.89. The van der Waals surface area contributed by atoms with E-state index in [1.54, 1.807) is 6.07 Å². The molecule has 0 amide bonds. The average Bonchev–Trinajstić information content (AvgIpc) is 3.04. The standard InChI is InChI=1S/C17H17Cl2N3O3/c1-22(13-6-5-12(18)10-3-2-4-11(10)13)15-9-14(19)20-17(21-15)25-8-7-16(23)24/h5-6,9H,2-4,7-8H2,1H3,(H,23,24). The Morgan fingerprint density at radius 2 is 2.04 bits per heavy atom.